The lowest BCUT2D eigenvalue weighted by Gasteiger charge is -2.26. The molecule has 1 N–H and O–H groups in total. The van der Waals surface area contributed by atoms with Gasteiger partial charge >= 0.3 is 5.97 Å². The highest BCUT2D eigenvalue weighted by atomic mass is 16.5. The Labute approximate surface area is 107 Å². The Hall–Kier alpha value is -1.46. The van der Waals surface area contributed by atoms with E-state index in [-0.39, 0.29) is 6.54 Å². The molecule has 0 aliphatic heterocycles. The summed E-state index contributed by atoms with van der Waals surface area (Å²) in [5, 5.41) is 9.92. The normalized spacial score (nSPS) is 14.3. The van der Waals surface area contributed by atoms with Crippen molar-refractivity contribution in [1.29, 1.82) is 0 Å². The zero-order valence-electron chi connectivity index (χ0n) is 11.1. The maximum atomic E-state index is 11.3. The first-order valence-corrected chi connectivity index (χ1v) is 5.85. The lowest BCUT2D eigenvalue weighted by molar-refractivity contribution is -0.161. The van der Waals surface area contributed by atoms with Crippen molar-refractivity contribution in [3.8, 4) is 0 Å². The Morgan fingerprint density at radius 3 is 2.83 bits per heavy atom. The average molecular weight is 252 g/mol. The smallest absolute Gasteiger partial charge is 0.338 e. The molecule has 0 fully saturated rings. The molecule has 100 valence electrons. The molecule has 1 aromatic heterocycles. The number of rotatable bonds is 6. The Bertz CT molecular complexity index is 379. The number of hydrogen-bond acceptors (Lipinski definition) is 5. The number of esters is 1. The molecule has 1 aromatic rings. The zero-order valence-corrected chi connectivity index (χ0v) is 11.1. The second-order valence-corrected chi connectivity index (χ2v) is 4.57. The van der Waals surface area contributed by atoms with E-state index in [9.17, 15) is 9.90 Å². The number of carbonyl (C=O) groups excluding carboxylic acids is 1. The van der Waals surface area contributed by atoms with E-state index in [1.807, 2.05) is 30.1 Å². The molecule has 1 unspecified atom stereocenters. The van der Waals surface area contributed by atoms with Crippen LogP contribution in [0.5, 0.6) is 0 Å². The van der Waals surface area contributed by atoms with E-state index >= 15 is 0 Å². The van der Waals surface area contributed by atoms with Crippen LogP contribution >= 0.6 is 0 Å². The number of ether oxygens (including phenoxy) is 1. The molecule has 0 aromatic carbocycles. The molecule has 1 heterocycles. The quantitative estimate of drug-likeness (QED) is 0.746. The summed E-state index contributed by atoms with van der Waals surface area (Å²) in [4.78, 5) is 17.4. The minimum absolute atomic E-state index is 0.229. The molecular formula is C13H20N2O3. The summed E-state index contributed by atoms with van der Waals surface area (Å²) in [7, 11) is 3.12. The highest BCUT2D eigenvalue weighted by Crippen LogP contribution is 2.08. The minimum Gasteiger partial charge on any atom is -0.467 e. The van der Waals surface area contributed by atoms with E-state index in [0.717, 1.165) is 12.1 Å². The topological polar surface area (TPSA) is 62.7 Å². The van der Waals surface area contributed by atoms with Gasteiger partial charge < -0.3 is 14.7 Å². The predicted molar refractivity (Wildman–Crippen MR) is 68.1 cm³/mol. The van der Waals surface area contributed by atoms with Crippen LogP contribution in [0, 0.1) is 0 Å². The summed E-state index contributed by atoms with van der Waals surface area (Å²) in [6.07, 6.45) is 2.52. The molecular weight excluding hydrogens is 232 g/mol. The zero-order chi connectivity index (χ0) is 13.6. The van der Waals surface area contributed by atoms with Gasteiger partial charge in [-0.05, 0) is 26.1 Å². The van der Waals surface area contributed by atoms with Gasteiger partial charge in [-0.1, -0.05) is 6.07 Å². The Morgan fingerprint density at radius 1 is 1.56 bits per heavy atom. The summed E-state index contributed by atoms with van der Waals surface area (Å²) in [5.74, 6) is -0.618. The van der Waals surface area contributed by atoms with Crippen molar-refractivity contribution in [2.75, 3.05) is 27.2 Å². The van der Waals surface area contributed by atoms with E-state index in [2.05, 4.69) is 9.72 Å². The molecule has 1 rings (SSSR count). The van der Waals surface area contributed by atoms with E-state index in [0.29, 0.717) is 6.54 Å². The van der Waals surface area contributed by atoms with Crippen LogP contribution in [0.1, 0.15) is 12.6 Å². The monoisotopic (exact) mass is 252 g/mol. The highest BCUT2D eigenvalue weighted by Gasteiger charge is 2.32. The SMILES string of the molecule is COC(=O)C(C)(O)CN(C)CCc1ccccn1. The summed E-state index contributed by atoms with van der Waals surface area (Å²) in [6, 6.07) is 5.76. The number of aliphatic hydroxyl groups is 1. The van der Waals surface area contributed by atoms with Crippen molar-refractivity contribution in [2.45, 2.75) is 18.9 Å². The van der Waals surface area contributed by atoms with Gasteiger partial charge in [-0.25, -0.2) is 4.79 Å². The maximum Gasteiger partial charge on any atom is 0.338 e. The van der Waals surface area contributed by atoms with E-state index in [1.165, 1.54) is 14.0 Å². The van der Waals surface area contributed by atoms with Gasteiger partial charge in [0.2, 0.25) is 0 Å². The summed E-state index contributed by atoms with van der Waals surface area (Å²) in [6.45, 7) is 2.40. The lowest BCUT2D eigenvalue weighted by atomic mass is 10.1. The highest BCUT2D eigenvalue weighted by molar-refractivity contribution is 5.78. The van der Waals surface area contributed by atoms with Crippen molar-refractivity contribution in [3.05, 3.63) is 30.1 Å². The van der Waals surface area contributed by atoms with Crippen molar-refractivity contribution in [3.63, 3.8) is 0 Å². The van der Waals surface area contributed by atoms with Gasteiger partial charge in [-0.15, -0.1) is 0 Å². The van der Waals surface area contributed by atoms with Crippen molar-refractivity contribution >= 4 is 5.97 Å². The molecule has 1 atom stereocenters. The summed E-state index contributed by atoms with van der Waals surface area (Å²) in [5.41, 5.74) is -0.491. The largest absolute Gasteiger partial charge is 0.467 e. The first-order chi connectivity index (χ1) is 8.45. The summed E-state index contributed by atoms with van der Waals surface area (Å²) >= 11 is 0. The number of likely N-dealkylation sites (N-methyl/N-ethyl adjacent to an activating group) is 1. The van der Waals surface area contributed by atoms with Gasteiger partial charge in [0, 0.05) is 31.4 Å². The van der Waals surface area contributed by atoms with Crippen LogP contribution in [-0.2, 0) is 16.0 Å². The molecule has 0 saturated heterocycles. The van der Waals surface area contributed by atoms with E-state index in [4.69, 9.17) is 0 Å². The fourth-order valence-corrected chi connectivity index (χ4v) is 1.74. The molecule has 0 aliphatic rings. The maximum absolute atomic E-state index is 11.3. The fraction of sp³-hybridized carbons (Fsp3) is 0.538. The number of carbonyl (C=O) groups is 1. The molecule has 18 heavy (non-hydrogen) atoms. The first-order valence-electron chi connectivity index (χ1n) is 5.85. The molecule has 0 radical (unpaired) electrons. The van der Waals surface area contributed by atoms with Crippen molar-refractivity contribution < 1.29 is 14.6 Å². The lowest BCUT2D eigenvalue weighted by Crippen LogP contribution is -2.46. The third-order valence-electron chi connectivity index (χ3n) is 2.68. The van der Waals surface area contributed by atoms with Gasteiger partial charge in [0.05, 0.1) is 7.11 Å². The van der Waals surface area contributed by atoms with Crippen LogP contribution in [0.15, 0.2) is 24.4 Å². The number of aromatic nitrogens is 1. The van der Waals surface area contributed by atoms with Crippen LogP contribution in [0.3, 0.4) is 0 Å². The second kappa shape index (κ2) is 6.47. The van der Waals surface area contributed by atoms with Crippen LogP contribution in [0.2, 0.25) is 0 Å². The number of pyridine rings is 1. The Balaban J connectivity index is 2.42. The van der Waals surface area contributed by atoms with Gasteiger partial charge in [0.1, 0.15) is 0 Å². The van der Waals surface area contributed by atoms with Gasteiger partial charge in [-0.2, -0.15) is 0 Å². The molecule has 0 saturated carbocycles. The predicted octanol–water partition coefficient (Wildman–Crippen LogP) is 0.480. The molecule has 0 amide bonds. The molecule has 0 aliphatic carbocycles. The van der Waals surface area contributed by atoms with Crippen LogP contribution in [0.25, 0.3) is 0 Å². The van der Waals surface area contributed by atoms with E-state index in [1.54, 1.807) is 6.20 Å². The summed E-state index contributed by atoms with van der Waals surface area (Å²) < 4.78 is 4.55. The van der Waals surface area contributed by atoms with Crippen molar-refractivity contribution in [2.24, 2.45) is 0 Å². The third-order valence-corrected chi connectivity index (χ3v) is 2.68. The number of nitrogens with zero attached hydrogens (tertiary/aromatic N) is 2. The van der Waals surface area contributed by atoms with Gasteiger partial charge in [-0.3, -0.25) is 4.98 Å². The van der Waals surface area contributed by atoms with Gasteiger partial charge in [0.15, 0.2) is 5.60 Å². The second-order valence-electron chi connectivity index (χ2n) is 4.57. The van der Waals surface area contributed by atoms with E-state index < -0.39 is 11.6 Å². The van der Waals surface area contributed by atoms with Crippen LogP contribution in [0.4, 0.5) is 0 Å². The fourth-order valence-electron chi connectivity index (χ4n) is 1.74. The Kier molecular flexibility index (Phi) is 5.25. The first kappa shape index (κ1) is 14.6. The third kappa shape index (κ3) is 4.43. The molecule has 5 heteroatoms. The number of methoxy groups -OCH3 is 1. The van der Waals surface area contributed by atoms with Crippen LogP contribution < -0.4 is 0 Å². The molecule has 5 nitrogen and oxygen atoms in total. The average Bonchev–Trinajstić information content (AvgIpc) is 2.36. The number of hydrogen-bond donors (Lipinski definition) is 1. The molecule has 0 bridgehead atoms. The molecule has 0 spiro atoms. The Morgan fingerprint density at radius 2 is 2.28 bits per heavy atom. The standard InChI is InChI=1S/C13H20N2O3/c1-13(17,12(16)18-3)10-15(2)9-7-11-6-4-5-8-14-11/h4-6,8,17H,7,9-10H2,1-3H3. The van der Waals surface area contributed by atoms with Gasteiger partial charge in [0.25, 0.3) is 0 Å². The van der Waals surface area contributed by atoms with Crippen molar-refractivity contribution in [1.82, 2.24) is 9.88 Å². The van der Waals surface area contributed by atoms with Crippen LogP contribution in [-0.4, -0.2) is 53.8 Å². The minimum atomic E-state index is -1.48.